The van der Waals surface area contributed by atoms with Crippen molar-refractivity contribution >= 4 is 11.8 Å². The second-order valence-electron chi connectivity index (χ2n) is 6.47. The lowest BCUT2D eigenvalue weighted by molar-refractivity contribution is -0.124. The summed E-state index contributed by atoms with van der Waals surface area (Å²) < 4.78 is 5.09. The van der Waals surface area contributed by atoms with E-state index in [0.717, 1.165) is 12.8 Å². The molecule has 1 fully saturated rings. The molecule has 2 amide bonds. The van der Waals surface area contributed by atoms with E-state index < -0.39 is 11.4 Å². The summed E-state index contributed by atoms with van der Waals surface area (Å²) in [4.78, 5) is 29.3. The molecule has 0 aliphatic carbocycles. The Balaban J connectivity index is 2.04. The van der Waals surface area contributed by atoms with Crippen molar-refractivity contribution in [3.8, 4) is 6.07 Å². The molecule has 2 heterocycles. The fourth-order valence-electron chi connectivity index (χ4n) is 2.58. The van der Waals surface area contributed by atoms with Crippen LogP contribution < -0.4 is 11.1 Å². The number of nitriles is 1. The van der Waals surface area contributed by atoms with Crippen LogP contribution >= 0.6 is 0 Å². The van der Waals surface area contributed by atoms with Crippen molar-refractivity contribution in [2.75, 3.05) is 13.1 Å². The number of carbonyl (C=O) groups excluding carboxylic acids is 2. The summed E-state index contributed by atoms with van der Waals surface area (Å²) in [6, 6.07) is 1.92. The third kappa shape index (κ3) is 3.71. The van der Waals surface area contributed by atoms with Gasteiger partial charge in [0.05, 0.1) is 18.7 Å². The molecule has 0 bridgehead atoms. The Kier molecular flexibility index (Phi) is 5.19. The first-order valence-electron chi connectivity index (χ1n) is 7.86. The van der Waals surface area contributed by atoms with Crippen molar-refractivity contribution in [3.05, 3.63) is 11.7 Å². The molecule has 2 unspecified atom stereocenters. The quantitative estimate of drug-likeness (QED) is 0.765. The van der Waals surface area contributed by atoms with Crippen LogP contribution in [0.1, 0.15) is 56.2 Å². The molecular formula is C15H22N6O3. The van der Waals surface area contributed by atoms with E-state index in [9.17, 15) is 14.9 Å². The largest absolute Gasteiger partial charge is 0.363 e. The van der Waals surface area contributed by atoms with Gasteiger partial charge in [0.25, 0.3) is 11.7 Å². The molecule has 2 atom stereocenters. The number of likely N-dealkylation sites (tertiary alicyclic amines) is 1. The highest BCUT2D eigenvalue weighted by molar-refractivity contribution is 5.88. The zero-order valence-electron chi connectivity index (χ0n) is 14.1. The van der Waals surface area contributed by atoms with Crippen molar-refractivity contribution in [3.63, 3.8) is 0 Å². The molecule has 3 N–H and O–H groups in total. The zero-order chi connectivity index (χ0) is 17.9. The lowest BCUT2D eigenvalue weighted by atomic mass is 9.90. The van der Waals surface area contributed by atoms with E-state index in [0.29, 0.717) is 6.54 Å². The number of hydrogen-bond donors (Lipinski definition) is 2. The molecule has 2 rings (SSSR count). The Morgan fingerprint density at radius 3 is 2.83 bits per heavy atom. The van der Waals surface area contributed by atoms with Gasteiger partial charge in [-0.1, -0.05) is 19.0 Å². The van der Waals surface area contributed by atoms with E-state index >= 15 is 0 Å². The minimum absolute atomic E-state index is 0.0186. The molecule has 1 aliphatic heterocycles. The van der Waals surface area contributed by atoms with Gasteiger partial charge in [-0.05, 0) is 32.2 Å². The number of aromatic nitrogens is 2. The van der Waals surface area contributed by atoms with Gasteiger partial charge in [-0.3, -0.25) is 14.5 Å². The van der Waals surface area contributed by atoms with Crippen LogP contribution in [0, 0.1) is 17.2 Å². The molecule has 0 aromatic carbocycles. The Labute approximate surface area is 140 Å². The van der Waals surface area contributed by atoms with Crippen LogP contribution in [-0.4, -0.2) is 45.5 Å². The van der Waals surface area contributed by atoms with Crippen molar-refractivity contribution < 1.29 is 14.1 Å². The van der Waals surface area contributed by atoms with E-state index in [1.807, 2.05) is 18.7 Å². The molecule has 0 saturated carbocycles. The van der Waals surface area contributed by atoms with E-state index in [1.54, 1.807) is 6.92 Å². The van der Waals surface area contributed by atoms with Gasteiger partial charge in [0.15, 0.2) is 0 Å². The molecule has 9 heteroatoms. The number of carbonyl (C=O) groups is 2. The minimum atomic E-state index is -0.921. The predicted molar refractivity (Wildman–Crippen MR) is 83.4 cm³/mol. The molecule has 24 heavy (non-hydrogen) atoms. The summed E-state index contributed by atoms with van der Waals surface area (Å²) in [5.41, 5.74) is 4.20. The monoisotopic (exact) mass is 334 g/mol. The number of rotatable bonds is 6. The summed E-state index contributed by atoms with van der Waals surface area (Å²) >= 11 is 0. The number of nitrogens with one attached hydrogen (secondary N) is 1. The van der Waals surface area contributed by atoms with Crippen LogP contribution in [0.4, 0.5) is 0 Å². The Bertz CT molecular complexity index is 664. The van der Waals surface area contributed by atoms with Crippen LogP contribution in [0.3, 0.4) is 0 Å². The number of nitrogens with zero attached hydrogens (tertiary/aromatic N) is 4. The van der Waals surface area contributed by atoms with Crippen molar-refractivity contribution in [2.24, 2.45) is 11.7 Å². The fourth-order valence-corrected chi connectivity index (χ4v) is 2.58. The van der Waals surface area contributed by atoms with E-state index in [4.69, 9.17) is 10.3 Å². The number of hydrogen-bond acceptors (Lipinski definition) is 7. The molecule has 1 aromatic rings. The van der Waals surface area contributed by atoms with Crippen LogP contribution in [0.15, 0.2) is 4.52 Å². The molecular weight excluding hydrogens is 312 g/mol. The topological polar surface area (TPSA) is 138 Å². The lowest BCUT2D eigenvalue weighted by Crippen LogP contribution is -2.51. The number of amides is 2. The maximum Gasteiger partial charge on any atom is 0.290 e. The highest BCUT2D eigenvalue weighted by Gasteiger charge is 2.35. The van der Waals surface area contributed by atoms with Crippen molar-refractivity contribution in [1.29, 1.82) is 5.26 Å². The fraction of sp³-hybridized carbons (Fsp3) is 0.667. The smallest absolute Gasteiger partial charge is 0.290 e. The molecule has 1 aromatic heterocycles. The first-order chi connectivity index (χ1) is 11.3. The van der Waals surface area contributed by atoms with E-state index in [-0.39, 0.29) is 36.1 Å². The van der Waals surface area contributed by atoms with Crippen molar-refractivity contribution in [1.82, 2.24) is 20.4 Å². The van der Waals surface area contributed by atoms with Gasteiger partial charge in [-0.2, -0.15) is 10.2 Å². The normalized spacial score (nSPS) is 20.5. The average molecular weight is 334 g/mol. The second kappa shape index (κ2) is 6.97. The Morgan fingerprint density at radius 2 is 2.29 bits per heavy atom. The van der Waals surface area contributed by atoms with Gasteiger partial charge in [-0.15, -0.1) is 0 Å². The molecule has 1 aliphatic rings. The SMILES string of the molecule is CC(C)C(C)(C#N)NC(=O)CN1CCCC1c1nc(C(N)=O)no1. The average Bonchev–Trinajstić information content (AvgIpc) is 3.15. The van der Waals surface area contributed by atoms with Crippen LogP contribution in [0.5, 0.6) is 0 Å². The maximum atomic E-state index is 12.3. The first-order valence-corrected chi connectivity index (χ1v) is 7.86. The predicted octanol–water partition coefficient (Wildman–Crippen LogP) is 0.360. The first kappa shape index (κ1) is 17.9. The van der Waals surface area contributed by atoms with Gasteiger partial charge < -0.3 is 15.6 Å². The summed E-state index contributed by atoms with van der Waals surface area (Å²) in [7, 11) is 0. The summed E-state index contributed by atoms with van der Waals surface area (Å²) in [5, 5.41) is 15.6. The van der Waals surface area contributed by atoms with Crippen LogP contribution in [-0.2, 0) is 4.79 Å². The molecule has 130 valence electrons. The summed E-state index contributed by atoms with van der Waals surface area (Å²) in [6.45, 7) is 6.27. The van der Waals surface area contributed by atoms with Gasteiger partial charge >= 0.3 is 0 Å². The molecule has 9 nitrogen and oxygen atoms in total. The van der Waals surface area contributed by atoms with Gasteiger partial charge in [0.2, 0.25) is 11.8 Å². The zero-order valence-corrected chi connectivity index (χ0v) is 14.1. The van der Waals surface area contributed by atoms with Gasteiger partial charge in [0, 0.05) is 0 Å². The standard InChI is InChI=1S/C15H22N6O3/c1-9(2)15(3,8-16)19-11(22)7-21-6-4-5-10(21)14-18-13(12(17)23)20-24-14/h9-10H,4-7H2,1-3H3,(H2,17,23)(H,19,22). The van der Waals surface area contributed by atoms with Crippen molar-refractivity contribution in [2.45, 2.75) is 45.2 Å². The summed E-state index contributed by atoms with van der Waals surface area (Å²) in [5.74, 6) is -0.905. The highest BCUT2D eigenvalue weighted by Crippen LogP contribution is 2.30. The van der Waals surface area contributed by atoms with Crippen LogP contribution in [0.25, 0.3) is 0 Å². The third-order valence-electron chi connectivity index (χ3n) is 4.44. The third-order valence-corrected chi connectivity index (χ3v) is 4.44. The molecule has 1 saturated heterocycles. The van der Waals surface area contributed by atoms with Crippen LogP contribution in [0.2, 0.25) is 0 Å². The minimum Gasteiger partial charge on any atom is -0.363 e. The number of nitrogens with two attached hydrogens (primary N) is 1. The molecule has 0 spiro atoms. The van der Waals surface area contributed by atoms with Gasteiger partial charge in [0.1, 0.15) is 5.54 Å². The summed E-state index contributed by atoms with van der Waals surface area (Å²) in [6.07, 6.45) is 1.61. The number of primary amides is 1. The van der Waals surface area contributed by atoms with Gasteiger partial charge in [-0.25, -0.2) is 0 Å². The Hall–Kier alpha value is -2.47. The molecule has 0 radical (unpaired) electrons. The van der Waals surface area contributed by atoms with E-state index in [1.165, 1.54) is 0 Å². The lowest BCUT2D eigenvalue weighted by Gasteiger charge is -2.29. The van der Waals surface area contributed by atoms with E-state index in [2.05, 4.69) is 21.5 Å². The second-order valence-corrected chi connectivity index (χ2v) is 6.47. The Morgan fingerprint density at radius 1 is 1.58 bits per heavy atom. The highest BCUT2D eigenvalue weighted by atomic mass is 16.5. The maximum absolute atomic E-state index is 12.3.